The number of benzene rings is 2. The first-order valence-corrected chi connectivity index (χ1v) is 9.57. The lowest BCUT2D eigenvalue weighted by Gasteiger charge is -2.31. The number of nitrogens with zero attached hydrogens (tertiary/aromatic N) is 3. The summed E-state index contributed by atoms with van der Waals surface area (Å²) in [7, 11) is 0. The fourth-order valence-electron chi connectivity index (χ4n) is 3.57. The quantitative estimate of drug-likeness (QED) is 0.761. The molecule has 0 aliphatic carbocycles. The molecule has 2 aromatic carbocycles. The summed E-state index contributed by atoms with van der Waals surface area (Å²) < 4.78 is 0. The van der Waals surface area contributed by atoms with Crippen molar-refractivity contribution in [2.24, 2.45) is 0 Å². The standard InChI is InChI=1S/C23H24N4/c1-3-8-20(9-4-1)22(21-10-5-2-6-11-21)12-15-26-16-18-27(19-17-26)23-24-13-7-14-25-23/h1-14H,15-19H2/p+1. The normalized spacial score (nSPS) is 14.7. The van der Waals surface area contributed by atoms with Crippen molar-refractivity contribution in [2.45, 2.75) is 0 Å². The smallest absolute Gasteiger partial charge is 0.225 e. The molecule has 1 saturated heterocycles. The Morgan fingerprint density at radius 2 is 1.37 bits per heavy atom. The van der Waals surface area contributed by atoms with Crippen LogP contribution in [0.3, 0.4) is 0 Å². The highest BCUT2D eigenvalue weighted by atomic mass is 15.3. The van der Waals surface area contributed by atoms with E-state index in [1.807, 2.05) is 18.5 Å². The van der Waals surface area contributed by atoms with Crippen LogP contribution in [0.4, 0.5) is 5.95 Å². The highest BCUT2D eigenvalue weighted by molar-refractivity contribution is 5.79. The first kappa shape index (κ1) is 17.4. The molecule has 0 radical (unpaired) electrons. The topological polar surface area (TPSA) is 33.5 Å². The van der Waals surface area contributed by atoms with Gasteiger partial charge in [-0.3, -0.25) is 0 Å². The monoisotopic (exact) mass is 357 g/mol. The van der Waals surface area contributed by atoms with E-state index in [1.165, 1.54) is 16.7 Å². The molecule has 0 spiro atoms. The van der Waals surface area contributed by atoms with E-state index in [4.69, 9.17) is 0 Å². The Kier molecular flexibility index (Phi) is 5.56. The SMILES string of the molecule is C(C[NH+]1CCN(c2ncccn2)CC1)=C(c1ccccc1)c1ccccc1. The lowest BCUT2D eigenvalue weighted by atomic mass is 9.97. The fourth-order valence-corrected chi connectivity index (χ4v) is 3.57. The number of hydrogen-bond donors (Lipinski definition) is 1. The molecule has 1 aliphatic rings. The summed E-state index contributed by atoms with van der Waals surface area (Å²) >= 11 is 0. The van der Waals surface area contributed by atoms with E-state index in [1.54, 1.807) is 4.90 Å². The van der Waals surface area contributed by atoms with E-state index in [2.05, 4.69) is 81.6 Å². The molecule has 27 heavy (non-hydrogen) atoms. The van der Waals surface area contributed by atoms with Gasteiger partial charge in [0.15, 0.2) is 0 Å². The second-order valence-electron chi connectivity index (χ2n) is 6.84. The van der Waals surface area contributed by atoms with Crippen LogP contribution in [-0.2, 0) is 0 Å². The molecule has 0 atom stereocenters. The maximum atomic E-state index is 4.37. The predicted molar refractivity (Wildman–Crippen MR) is 110 cm³/mol. The molecule has 0 unspecified atom stereocenters. The average molecular weight is 357 g/mol. The van der Waals surface area contributed by atoms with Crippen LogP contribution in [-0.4, -0.2) is 42.7 Å². The minimum Gasteiger partial charge on any atom is -0.330 e. The summed E-state index contributed by atoms with van der Waals surface area (Å²) in [6.45, 7) is 5.23. The maximum absolute atomic E-state index is 4.37. The lowest BCUT2D eigenvalue weighted by molar-refractivity contribution is -0.894. The van der Waals surface area contributed by atoms with Crippen molar-refractivity contribution in [1.82, 2.24) is 9.97 Å². The molecule has 1 aliphatic heterocycles. The molecule has 136 valence electrons. The number of quaternary nitrogens is 1. The third-order valence-corrected chi connectivity index (χ3v) is 5.07. The second-order valence-corrected chi connectivity index (χ2v) is 6.84. The molecule has 4 nitrogen and oxygen atoms in total. The Labute approximate surface area is 160 Å². The molecule has 1 aromatic heterocycles. The van der Waals surface area contributed by atoms with Gasteiger partial charge in [-0.05, 0) is 28.8 Å². The van der Waals surface area contributed by atoms with Gasteiger partial charge in [-0.15, -0.1) is 0 Å². The number of anilines is 1. The van der Waals surface area contributed by atoms with Gasteiger partial charge in [0.2, 0.25) is 5.95 Å². The zero-order valence-corrected chi connectivity index (χ0v) is 15.5. The van der Waals surface area contributed by atoms with Crippen LogP contribution < -0.4 is 9.80 Å². The molecule has 4 heteroatoms. The van der Waals surface area contributed by atoms with Crippen LogP contribution in [0.2, 0.25) is 0 Å². The highest BCUT2D eigenvalue weighted by Gasteiger charge is 2.21. The van der Waals surface area contributed by atoms with Gasteiger partial charge in [-0.2, -0.15) is 0 Å². The highest BCUT2D eigenvalue weighted by Crippen LogP contribution is 2.22. The van der Waals surface area contributed by atoms with Crippen molar-refractivity contribution in [3.05, 3.63) is 96.3 Å². The van der Waals surface area contributed by atoms with Gasteiger partial charge in [0.25, 0.3) is 0 Å². The summed E-state index contributed by atoms with van der Waals surface area (Å²) in [6, 6.07) is 23.2. The van der Waals surface area contributed by atoms with Gasteiger partial charge in [0.05, 0.1) is 32.7 Å². The van der Waals surface area contributed by atoms with Crippen molar-refractivity contribution >= 4 is 11.5 Å². The van der Waals surface area contributed by atoms with Crippen LogP contribution >= 0.6 is 0 Å². The Hall–Kier alpha value is -2.98. The van der Waals surface area contributed by atoms with Gasteiger partial charge >= 0.3 is 0 Å². The summed E-state index contributed by atoms with van der Waals surface area (Å²) in [4.78, 5) is 12.6. The molecule has 0 bridgehead atoms. The number of rotatable bonds is 5. The van der Waals surface area contributed by atoms with Gasteiger partial charge in [0.1, 0.15) is 0 Å². The largest absolute Gasteiger partial charge is 0.330 e. The van der Waals surface area contributed by atoms with E-state index in [9.17, 15) is 0 Å². The second kappa shape index (κ2) is 8.60. The Balaban J connectivity index is 1.45. The molecule has 2 heterocycles. The summed E-state index contributed by atoms with van der Waals surface area (Å²) in [6.07, 6.45) is 6.03. The minimum atomic E-state index is 0.848. The van der Waals surface area contributed by atoms with E-state index in [0.29, 0.717) is 0 Å². The molecular weight excluding hydrogens is 332 g/mol. The number of piperazine rings is 1. The minimum absolute atomic E-state index is 0.848. The van der Waals surface area contributed by atoms with E-state index in [-0.39, 0.29) is 0 Å². The third-order valence-electron chi connectivity index (χ3n) is 5.07. The van der Waals surface area contributed by atoms with Crippen molar-refractivity contribution in [1.29, 1.82) is 0 Å². The number of hydrogen-bond acceptors (Lipinski definition) is 3. The first-order chi connectivity index (χ1) is 13.4. The van der Waals surface area contributed by atoms with Crippen LogP contribution in [0.5, 0.6) is 0 Å². The van der Waals surface area contributed by atoms with Crippen molar-refractivity contribution in [2.75, 3.05) is 37.6 Å². The number of nitrogens with one attached hydrogen (secondary N) is 1. The van der Waals surface area contributed by atoms with Gasteiger partial charge in [0, 0.05) is 12.4 Å². The molecular formula is C23H25N4+. The summed E-state index contributed by atoms with van der Waals surface area (Å²) in [5.41, 5.74) is 3.87. The van der Waals surface area contributed by atoms with Crippen LogP contribution in [0, 0.1) is 0 Å². The lowest BCUT2D eigenvalue weighted by Crippen LogP contribution is -3.14. The van der Waals surface area contributed by atoms with E-state index in [0.717, 1.165) is 38.7 Å². The summed E-state index contributed by atoms with van der Waals surface area (Å²) in [5, 5.41) is 0. The summed E-state index contributed by atoms with van der Waals surface area (Å²) in [5.74, 6) is 0.848. The Morgan fingerprint density at radius 1 is 0.815 bits per heavy atom. The zero-order chi connectivity index (χ0) is 18.3. The molecule has 1 fully saturated rings. The predicted octanol–water partition coefficient (Wildman–Crippen LogP) is 2.31. The van der Waals surface area contributed by atoms with E-state index < -0.39 is 0 Å². The van der Waals surface area contributed by atoms with Crippen LogP contribution in [0.15, 0.2) is 85.2 Å². The van der Waals surface area contributed by atoms with Crippen molar-refractivity contribution in [3.8, 4) is 0 Å². The molecule has 1 N–H and O–H groups in total. The fraction of sp³-hybridized carbons (Fsp3) is 0.217. The average Bonchev–Trinajstić information content (AvgIpc) is 2.76. The maximum Gasteiger partial charge on any atom is 0.225 e. The molecule has 0 saturated carbocycles. The molecule has 0 amide bonds. The number of aromatic nitrogens is 2. The molecule has 4 rings (SSSR count). The van der Waals surface area contributed by atoms with Gasteiger partial charge in [-0.1, -0.05) is 60.7 Å². The van der Waals surface area contributed by atoms with Crippen molar-refractivity contribution < 1.29 is 4.90 Å². The Morgan fingerprint density at radius 3 is 1.93 bits per heavy atom. The van der Waals surface area contributed by atoms with Crippen LogP contribution in [0.25, 0.3) is 5.57 Å². The third kappa shape index (κ3) is 4.41. The Bertz CT molecular complexity index is 813. The van der Waals surface area contributed by atoms with Crippen molar-refractivity contribution in [3.63, 3.8) is 0 Å². The van der Waals surface area contributed by atoms with Gasteiger partial charge < -0.3 is 9.80 Å². The first-order valence-electron chi connectivity index (χ1n) is 9.57. The molecule has 3 aromatic rings. The van der Waals surface area contributed by atoms with Crippen LogP contribution in [0.1, 0.15) is 11.1 Å². The van der Waals surface area contributed by atoms with Gasteiger partial charge in [-0.25, -0.2) is 9.97 Å². The van der Waals surface area contributed by atoms with E-state index >= 15 is 0 Å². The zero-order valence-electron chi connectivity index (χ0n) is 15.5.